The van der Waals surface area contributed by atoms with E-state index in [0.29, 0.717) is 19.7 Å². The van der Waals surface area contributed by atoms with E-state index >= 15 is 0 Å². The van der Waals surface area contributed by atoms with Crippen LogP contribution >= 0.6 is 0 Å². The minimum Gasteiger partial charge on any atom is -0.465 e. The molecule has 1 rings (SSSR count). The molecule has 1 aliphatic heterocycles. The molecule has 15 heavy (non-hydrogen) atoms. The first-order chi connectivity index (χ1) is 7.15. The molecular weight excluding hydrogens is 196 g/mol. The largest absolute Gasteiger partial charge is 0.465 e. The van der Waals surface area contributed by atoms with Crippen molar-refractivity contribution >= 4 is 5.97 Å². The lowest BCUT2D eigenvalue weighted by atomic mass is 10.2. The summed E-state index contributed by atoms with van der Waals surface area (Å²) >= 11 is 0. The van der Waals surface area contributed by atoms with Gasteiger partial charge in [-0.2, -0.15) is 0 Å². The van der Waals surface area contributed by atoms with Crippen LogP contribution in [0.15, 0.2) is 0 Å². The molecule has 5 nitrogen and oxygen atoms in total. The van der Waals surface area contributed by atoms with Gasteiger partial charge >= 0.3 is 5.97 Å². The van der Waals surface area contributed by atoms with Gasteiger partial charge in [-0.3, -0.25) is 9.69 Å². The third-order valence-electron chi connectivity index (χ3n) is 2.41. The van der Waals surface area contributed by atoms with Crippen LogP contribution in [0, 0.1) is 0 Å². The van der Waals surface area contributed by atoms with Crippen LogP contribution in [0.2, 0.25) is 0 Å². The first-order valence-electron chi connectivity index (χ1n) is 5.44. The maximum Gasteiger partial charge on any atom is 0.324 e. The first-order valence-corrected chi connectivity index (χ1v) is 5.44. The number of nitrogens with one attached hydrogen (secondary N) is 1. The van der Waals surface area contributed by atoms with E-state index in [0.717, 1.165) is 13.1 Å². The van der Waals surface area contributed by atoms with Crippen LogP contribution in [-0.2, 0) is 9.53 Å². The molecular formula is C10H20N2O3. The van der Waals surface area contributed by atoms with Gasteiger partial charge in [0.25, 0.3) is 0 Å². The van der Waals surface area contributed by atoms with Crippen molar-refractivity contribution in [1.29, 1.82) is 0 Å². The summed E-state index contributed by atoms with van der Waals surface area (Å²) in [5.41, 5.74) is 0. The van der Waals surface area contributed by atoms with Crippen LogP contribution in [0.25, 0.3) is 0 Å². The average molecular weight is 216 g/mol. The summed E-state index contributed by atoms with van der Waals surface area (Å²) in [6.07, 6.45) is -0.417. The number of esters is 1. The Morgan fingerprint density at radius 2 is 2.47 bits per heavy atom. The monoisotopic (exact) mass is 216 g/mol. The lowest BCUT2D eigenvalue weighted by Crippen LogP contribution is -2.56. The van der Waals surface area contributed by atoms with Crippen molar-refractivity contribution < 1.29 is 14.6 Å². The number of rotatable bonds is 4. The fourth-order valence-electron chi connectivity index (χ4n) is 1.78. The number of carbonyl (C=O) groups is 1. The molecule has 1 heterocycles. The van der Waals surface area contributed by atoms with E-state index in [-0.39, 0.29) is 12.0 Å². The molecule has 0 aromatic heterocycles. The number of hydrogen-bond donors (Lipinski definition) is 2. The molecule has 0 aliphatic carbocycles. The molecule has 0 saturated carbocycles. The standard InChI is InChI=1S/C10H20N2O3/c1-3-15-10(14)9-6-11-4-5-12(9)7-8(2)13/h8-9,11,13H,3-7H2,1-2H3/t8-,9?/m1/s1. The number of piperazine rings is 1. The fraction of sp³-hybridized carbons (Fsp3) is 0.900. The van der Waals surface area contributed by atoms with E-state index in [4.69, 9.17) is 4.74 Å². The van der Waals surface area contributed by atoms with Crippen molar-refractivity contribution in [3.63, 3.8) is 0 Å². The molecule has 1 unspecified atom stereocenters. The van der Waals surface area contributed by atoms with Gasteiger partial charge in [0, 0.05) is 26.2 Å². The minimum atomic E-state index is -0.417. The van der Waals surface area contributed by atoms with E-state index < -0.39 is 6.10 Å². The molecule has 0 spiro atoms. The highest BCUT2D eigenvalue weighted by Crippen LogP contribution is 2.06. The Kier molecular flexibility index (Phi) is 5.01. The van der Waals surface area contributed by atoms with Gasteiger partial charge in [-0.1, -0.05) is 0 Å². The number of β-amino-alcohol motifs (C(OH)–C–C–N with tert-alkyl or cyclic N) is 1. The molecule has 0 amide bonds. The lowest BCUT2D eigenvalue weighted by molar-refractivity contribution is -0.150. The second kappa shape index (κ2) is 6.05. The van der Waals surface area contributed by atoms with Gasteiger partial charge in [0.05, 0.1) is 12.7 Å². The zero-order valence-corrected chi connectivity index (χ0v) is 9.40. The highest BCUT2D eigenvalue weighted by Gasteiger charge is 2.29. The van der Waals surface area contributed by atoms with Crippen LogP contribution < -0.4 is 5.32 Å². The molecule has 2 atom stereocenters. The predicted molar refractivity (Wildman–Crippen MR) is 56.5 cm³/mol. The van der Waals surface area contributed by atoms with Crippen LogP contribution in [0.3, 0.4) is 0 Å². The van der Waals surface area contributed by atoms with Crippen LogP contribution in [0.5, 0.6) is 0 Å². The van der Waals surface area contributed by atoms with Crippen molar-refractivity contribution in [2.45, 2.75) is 26.0 Å². The summed E-state index contributed by atoms with van der Waals surface area (Å²) in [7, 11) is 0. The molecule has 0 radical (unpaired) electrons. The minimum absolute atomic E-state index is 0.203. The molecule has 0 aromatic carbocycles. The number of ether oxygens (including phenoxy) is 1. The van der Waals surface area contributed by atoms with Crippen molar-refractivity contribution in [2.75, 3.05) is 32.8 Å². The number of aliphatic hydroxyl groups is 1. The Labute approximate surface area is 90.4 Å². The Morgan fingerprint density at radius 1 is 1.73 bits per heavy atom. The average Bonchev–Trinajstić information content (AvgIpc) is 2.18. The second-order valence-corrected chi connectivity index (χ2v) is 3.82. The van der Waals surface area contributed by atoms with Crippen LogP contribution in [-0.4, -0.2) is 60.9 Å². The van der Waals surface area contributed by atoms with Gasteiger partial charge in [0.2, 0.25) is 0 Å². The summed E-state index contributed by atoms with van der Waals surface area (Å²) in [6, 6.07) is -0.256. The lowest BCUT2D eigenvalue weighted by Gasteiger charge is -2.35. The van der Waals surface area contributed by atoms with E-state index in [1.807, 2.05) is 4.90 Å². The third kappa shape index (κ3) is 3.77. The first kappa shape index (κ1) is 12.4. The Morgan fingerprint density at radius 3 is 3.07 bits per heavy atom. The van der Waals surface area contributed by atoms with Gasteiger partial charge in [-0.25, -0.2) is 0 Å². The van der Waals surface area contributed by atoms with Crippen molar-refractivity contribution in [1.82, 2.24) is 10.2 Å². The van der Waals surface area contributed by atoms with Crippen LogP contribution in [0.4, 0.5) is 0 Å². The molecule has 1 saturated heterocycles. The van der Waals surface area contributed by atoms with E-state index in [1.54, 1.807) is 13.8 Å². The molecule has 0 bridgehead atoms. The zero-order chi connectivity index (χ0) is 11.3. The van der Waals surface area contributed by atoms with E-state index in [2.05, 4.69) is 5.32 Å². The SMILES string of the molecule is CCOC(=O)C1CNCCN1C[C@@H](C)O. The summed E-state index contributed by atoms with van der Waals surface area (Å²) < 4.78 is 4.99. The molecule has 88 valence electrons. The van der Waals surface area contributed by atoms with E-state index in [9.17, 15) is 9.90 Å². The number of hydrogen-bond acceptors (Lipinski definition) is 5. The van der Waals surface area contributed by atoms with Crippen molar-refractivity contribution in [2.24, 2.45) is 0 Å². The molecule has 0 aromatic rings. The topological polar surface area (TPSA) is 61.8 Å². The highest BCUT2D eigenvalue weighted by molar-refractivity contribution is 5.76. The van der Waals surface area contributed by atoms with Gasteiger partial charge in [-0.15, -0.1) is 0 Å². The highest BCUT2D eigenvalue weighted by atomic mass is 16.5. The quantitative estimate of drug-likeness (QED) is 0.603. The van der Waals surface area contributed by atoms with Gasteiger partial charge in [0.1, 0.15) is 6.04 Å². The smallest absolute Gasteiger partial charge is 0.324 e. The molecule has 5 heteroatoms. The van der Waals surface area contributed by atoms with Gasteiger partial charge in [0.15, 0.2) is 0 Å². The zero-order valence-electron chi connectivity index (χ0n) is 9.40. The summed E-state index contributed by atoms with van der Waals surface area (Å²) in [4.78, 5) is 13.6. The maximum absolute atomic E-state index is 11.6. The second-order valence-electron chi connectivity index (χ2n) is 3.82. The number of carbonyl (C=O) groups excluding carboxylic acids is 1. The maximum atomic E-state index is 11.6. The molecule has 1 fully saturated rings. The van der Waals surface area contributed by atoms with Gasteiger partial charge < -0.3 is 15.2 Å². The third-order valence-corrected chi connectivity index (χ3v) is 2.41. The van der Waals surface area contributed by atoms with Crippen molar-refractivity contribution in [3.05, 3.63) is 0 Å². The Hall–Kier alpha value is -0.650. The molecule has 1 aliphatic rings. The van der Waals surface area contributed by atoms with Gasteiger partial charge in [-0.05, 0) is 13.8 Å². The Balaban J connectivity index is 2.52. The fourth-order valence-corrected chi connectivity index (χ4v) is 1.78. The molecule has 2 N–H and O–H groups in total. The summed E-state index contributed by atoms with van der Waals surface area (Å²) in [5, 5.41) is 12.5. The number of nitrogens with zero attached hydrogens (tertiary/aromatic N) is 1. The van der Waals surface area contributed by atoms with Crippen LogP contribution in [0.1, 0.15) is 13.8 Å². The predicted octanol–water partition coefficient (Wildman–Crippen LogP) is -0.796. The summed E-state index contributed by atoms with van der Waals surface area (Å²) in [5.74, 6) is -0.203. The van der Waals surface area contributed by atoms with E-state index in [1.165, 1.54) is 0 Å². The van der Waals surface area contributed by atoms with Crippen molar-refractivity contribution in [3.8, 4) is 0 Å². The summed E-state index contributed by atoms with van der Waals surface area (Å²) in [6.45, 7) is 6.67. The number of aliphatic hydroxyl groups excluding tert-OH is 1. The normalized spacial score (nSPS) is 24.9. The Bertz CT molecular complexity index is 209.